The van der Waals surface area contributed by atoms with E-state index in [0.717, 1.165) is 41.2 Å². The van der Waals surface area contributed by atoms with Crippen molar-refractivity contribution in [2.24, 2.45) is 17.8 Å². The van der Waals surface area contributed by atoms with Crippen LogP contribution in [-0.4, -0.2) is 20.1 Å². The van der Waals surface area contributed by atoms with Gasteiger partial charge in [-0.1, -0.05) is 51.1 Å². The molecule has 0 aliphatic heterocycles. The average molecular weight is 584 g/mol. The van der Waals surface area contributed by atoms with Crippen molar-refractivity contribution in [1.82, 2.24) is 0 Å². The minimum Gasteiger partial charge on any atom is -0.542 e. The van der Waals surface area contributed by atoms with Gasteiger partial charge in [-0.2, -0.15) is 13.2 Å². The quantitative estimate of drug-likeness (QED) is 0.249. The molecule has 0 aromatic heterocycles. The first kappa shape index (κ1) is 29.9. The Morgan fingerprint density at radius 1 is 1.02 bits per heavy atom. The van der Waals surface area contributed by atoms with Gasteiger partial charge >= 0.3 is 12.1 Å². The number of hydrogen-bond acceptors (Lipinski definition) is 2. The lowest BCUT2D eigenvalue weighted by Gasteiger charge is -2.58. The van der Waals surface area contributed by atoms with Crippen molar-refractivity contribution in [3.63, 3.8) is 0 Å². The molecule has 6 rings (SSSR count). The molecule has 2 aromatic rings. The zero-order valence-electron chi connectivity index (χ0n) is 24.8. The zero-order valence-corrected chi connectivity index (χ0v) is 25.8. The summed E-state index contributed by atoms with van der Waals surface area (Å²) in [4.78, 5) is 12.1. The summed E-state index contributed by atoms with van der Waals surface area (Å²) in [5.74, 6) is 2.19. The standard InChI is InChI=1S/C34H42F3O3Si/c1-32(2,3)29-28(33-18-21-14-22(19-33)16-23(15-21)20-33)13-12-24(30(29)40-41(4)5)8-7-11-27(31(38)39)25-9-6-10-26(17-25)34(35,36)37/h6,9-13,17,21-23H,7-8,14-16,18-20H2,1-5H3,(H,38,39)/b27-11+. The number of alkyl halides is 3. The number of aryl methyl sites for hydroxylation is 1. The van der Waals surface area contributed by atoms with Crippen molar-refractivity contribution < 1.29 is 27.5 Å². The smallest absolute Gasteiger partial charge is 0.416 e. The SMILES string of the molecule is C[Si](C)Oc1c(CC/C=C(/C(=O)O)c2cccc(C(F)(F)F)c2)ccc(C23CC4CC(CC(C4)C2)C3)c1C(C)(C)C. The Labute approximate surface area is 243 Å². The molecule has 7 heteroatoms. The van der Waals surface area contributed by atoms with Crippen LogP contribution >= 0.6 is 0 Å². The molecule has 1 N–H and O–H groups in total. The molecule has 2 aromatic carbocycles. The number of rotatable bonds is 8. The summed E-state index contributed by atoms with van der Waals surface area (Å²) in [7, 11) is -1.09. The number of carboxylic acid groups (broad SMARTS) is 1. The lowest BCUT2D eigenvalue weighted by molar-refractivity contribution is -0.137. The van der Waals surface area contributed by atoms with E-state index in [2.05, 4.69) is 46.0 Å². The number of benzene rings is 2. The van der Waals surface area contributed by atoms with Crippen molar-refractivity contribution in [3.05, 3.63) is 70.3 Å². The molecule has 4 saturated carbocycles. The summed E-state index contributed by atoms with van der Waals surface area (Å²) in [5, 5.41) is 9.86. The molecule has 4 aliphatic carbocycles. The maximum atomic E-state index is 13.3. The lowest BCUT2D eigenvalue weighted by atomic mass is 9.47. The van der Waals surface area contributed by atoms with Crippen LogP contribution in [0, 0.1) is 17.8 Å². The molecule has 0 unspecified atom stereocenters. The topological polar surface area (TPSA) is 46.5 Å². The van der Waals surface area contributed by atoms with Gasteiger partial charge in [0.05, 0.1) is 11.1 Å². The monoisotopic (exact) mass is 583 g/mol. The highest BCUT2D eigenvalue weighted by Gasteiger charge is 2.53. The van der Waals surface area contributed by atoms with Crippen LogP contribution in [0.1, 0.15) is 93.5 Å². The first-order valence-corrected chi connectivity index (χ1v) is 17.3. The predicted octanol–water partition coefficient (Wildman–Crippen LogP) is 9.20. The third-order valence-corrected chi connectivity index (χ3v) is 10.0. The third-order valence-electron chi connectivity index (χ3n) is 9.40. The molecular formula is C34H42F3O3Si. The van der Waals surface area contributed by atoms with Gasteiger partial charge in [0, 0.05) is 5.56 Å². The molecule has 0 heterocycles. The van der Waals surface area contributed by atoms with Crippen molar-refractivity contribution in [2.45, 2.75) is 102 Å². The summed E-state index contributed by atoms with van der Waals surface area (Å²) >= 11 is 0. The largest absolute Gasteiger partial charge is 0.542 e. The molecule has 4 bridgehead atoms. The Hall–Kier alpha value is -2.54. The average Bonchev–Trinajstić information content (AvgIpc) is 2.84. The normalized spacial score (nSPS) is 26.1. The lowest BCUT2D eigenvalue weighted by Crippen LogP contribution is -2.49. The minimum atomic E-state index is -4.53. The van der Waals surface area contributed by atoms with Crippen molar-refractivity contribution in [1.29, 1.82) is 0 Å². The molecule has 4 aliphatic rings. The molecule has 4 fully saturated rings. The van der Waals surface area contributed by atoms with E-state index in [1.807, 2.05) is 0 Å². The Morgan fingerprint density at radius 2 is 1.63 bits per heavy atom. The Kier molecular flexibility index (Phi) is 7.99. The third kappa shape index (κ3) is 6.16. The number of allylic oxidation sites excluding steroid dienone is 1. The van der Waals surface area contributed by atoms with Gasteiger partial charge in [0.2, 0.25) is 0 Å². The zero-order chi connectivity index (χ0) is 29.7. The van der Waals surface area contributed by atoms with Crippen molar-refractivity contribution >= 4 is 20.6 Å². The van der Waals surface area contributed by atoms with Gasteiger partial charge in [0.1, 0.15) is 5.75 Å². The van der Waals surface area contributed by atoms with Crippen LogP contribution in [0.4, 0.5) is 13.2 Å². The van der Waals surface area contributed by atoms with Gasteiger partial charge in [0.15, 0.2) is 0 Å². The van der Waals surface area contributed by atoms with E-state index in [1.165, 1.54) is 61.8 Å². The first-order chi connectivity index (χ1) is 19.2. The van der Waals surface area contributed by atoms with Crippen LogP contribution in [0.15, 0.2) is 42.5 Å². The van der Waals surface area contributed by atoms with Crippen LogP contribution in [0.25, 0.3) is 5.57 Å². The van der Waals surface area contributed by atoms with E-state index in [4.69, 9.17) is 4.43 Å². The highest BCUT2D eigenvalue weighted by molar-refractivity contribution is 6.49. The van der Waals surface area contributed by atoms with E-state index in [1.54, 1.807) is 6.08 Å². The second kappa shape index (κ2) is 10.9. The van der Waals surface area contributed by atoms with Gasteiger partial charge in [-0.3, -0.25) is 0 Å². The summed E-state index contributed by atoms with van der Waals surface area (Å²) in [6.45, 7) is 11.0. The Morgan fingerprint density at radius 3 is 2.15 bits per heavy atom. The molecule has 1 radical (unpaired) electrons. The van der Waals surface area contributed by atoms with Gasteiger partial charge in [-0.25, -0.2) is 4.79 Å². The second-order valence-corrected chi connectivity index (χ2v) is 16.0. The number of halogens is 3. The molecule has 221 valence electrons. The molecule has 41 heavy (non-hydrogen) atoms. The van der Waals surface area contributed by atoms with E-state index < -0.39 is 26.7 Å². The molecule has 0 spiro atoms. The van der Waals surface area contributed by atoms with E-state index in [-0.39, 0.29) is 22.0 Å². The van der Waals surface area contributed by atoms with E-state index in [0.29, 0.717) is 12.8 Å². The highest BCUT2D eigenvalue weighted by Crippen LogP contribution is 2.62. The van der Waals surface area contributed by atoms with Crippen LogP contribution in [0.2, 0.25) is 13.1 Å². The van der Waals surface area contributed by atoms with E-state index >= 15 is 0 Å². The van der Waals surface area contributed by atoms with Gasteiger partial charge in [-0.05, 0) is 122 Å². The fourth-order valence-electron chi connectivity index (χ4n) is 8.33. The molecule has 0 saturated heterocycles. The van der Waals surface area contributed by atoms with Gasteiger partial charge in [0.25, 0.3) is 9.04 Å². The van der Waals surface area contributed by atoms with Crippen molar-refractivity contribution in [3.8, 4) is 5.75 Å². The molecule has 0 atom stereocenters. The summed E-state index contributed by atoms with van der Waals surface area (Å²) in [5.41, 5.74) is 2.96. The number of carboxylic acids is 1. The number of carbonyl (C=O) groups is 1. The molecule has 3 nitrogen and oxygen atoms in total. The maximum absolute atomic E-state index is 13.3. The second-order valence-electron chi connectivity index (χ2n) is 14.0. The molecular weight excluding hydrogens is 541 g/mol. The van der Waals surface area contributed by atoms with Crippen molar-refractivity contribution in [2.75, 3.05) is 0 Å². The van der Waals surface area contributed by atoms with Gasteiger partial charge in [-0.15, -0.1) is 0 Å². The maximum Gasteiger partial charge on any atom is 0.416 e. The first-order valence-electron chi connectivity index (χ1n) is 14.9. The highest BCUT2D eigenvalue weighted by atomic mass is 28.3. The Bertz CT molecular complexity index is 1300. The summed E-state index contributed by atoms with van der Waals surface area (Å²) < 4.78 is 46.5. The van der Waals surface area contributed by atoms with Crippen LogP contribution in [0.5, 0.6) is 5.75 Å². The van der Waals surface area contributed by atoms with Crippen LogP contribution in [-0.2, 0) is 28.2 Å². The number of hydrogen-bond donors (Lipinski definition) is 1. The van der Waals surface area contributed by atoms with E-state index in [9.17, 15) is 23.1 Å². The van der Waals surface area contributed by atoms with Crippen LogP contribution < -0.4 is 4.43 Å². The minimum absolute atomic E-state index is 0.0592. The Balaban J connectivity index is 1.51. The summed E-state index contributed by atoms with van der Waals surface area (Å²) in [6, 6.07) is 9.07. The fraction of sp³-hybridized carbons (Fsp3) is 0.559. The number of aliphatic carboxylic acids is 1. The molecule has 0 amide bonds. The van der Waals surface area contributed by atoms with Crippen LogP contribution in [0.3, 0.4) is 0 Å². The fourth-order valence-corrected chi connectivity index (χ4v) is 8.98. The van der Waals surface area contributed by atoms with Gasteiger partial charge < -0.3 is 9.53 Å². The predicted molar refractivity (Wildman–Crippen MR) is 158 cm³/mol. The summed E-state index contributed by atoms with van der Waals surface area (Å²) in [6.07, 6.45) is 5.87.